The summed E-state index contributed by atoms with van der Waals surface area (Å²) in [5, 5.41) is 0. The lowest BCUT2D eigenvalue weighted by Gasteiger charge is -2.24. The van der Waals surface area contributed by atoms with Crippen LogP contribution in [-0.2, 0) is 0 Å². The maximum Gasteiger partial charge on any atom is 0.116 e. The summed E-state index contributed by atoms with van der Waals surface area (Å²) in [5.74, 6) is 0. The Morgan fingerprint density at radius 2 is 1.69 bits per heavy atom. The Morgan fingerprint density at radius 3 is 2.15 bits per heavy atom. The topological polar surface area (TPSA) is 12.0 Å². The SMILES string of the molecule is CCCCCCC(C)N[Si](C)(C)C. The van der Waals surface area contributed by atoms with Crippen molar-refractivity contribution in [3.8, 4) is 0 Å². The first kappa shape index (κ1) is 13.2. The number of nitrogens with one attached hydrogen (secondary N) is 1. The van der Waals surface area contributed by atoms with Crippen LogP contribution in [0.5, 0.6) is 0 Å². The highest BCUT2D eigenvalue weighted by molar-refractivity contribution is 6.73. The number of hydrogen-bond acceptors (Lipinski definition) is 1. The molecule has 1 unspecified atom stereocenters. The van der Waals surface area contributed by atoms with E-state index >= 15 is 0 Å². The van der Waals surface area contributed by atoms with Gasteiger partial charge in [0.25, 0.3) is 0 Å². The zero-order valence-corrected chi connectivity index (χ0v) is 11.1. The second kappa shape index (κ2) is 6.60. The third-order valence-electron chi connectivity index (χ3n) is 2.17. The van der Waals surface area contributed by atoms with E-state index in [4.69, 9.17) is 0 Å². The molecule has 0 aromatic heterocycles. The van der Waals surface area contributed by atoms with Crippen LogP contribution in [0.25, 0.3) is 0 Å². The molecular weight excluding hydrogens is 174 g/mol. The van der Waals surface area contributed by atoms with Gasteiger partial charge in [-0.1, -0.05) is 59.2 Å². The lowest BCUT2D eigenvalue weighted by Crippen LogP contribution is -2.46. The van der Waals surface area contributed by atoms with Crippen molar-refractivity contribution in [1.82, 2.24) is 4.98 Å². The van der Waals surface area contributed by atoms with E-state index in [0.717, 1.165) is 6.04 Å². The van der Waals surface area contributed by atoms with Crippen molar-refractivity contribution >= 4 is 8.24 Å². The molecule has 1 nitrogen and oxygen atoms in total. The summed E-state index contributed by atoms with van der Waals surface area (Å²) in [6.07, 6.45) is 6.90. The second-order valence-corrected chi connectivity index (χ2v) is 9.93. The largest absolute Gasteiger partial charge is 0.335 e. The highest BCUT2D eigenvalue weighted by atomic mass is 28.3. The molecule has 13 heavy (non-hydrogen) atoms. The van der Waals surface area contributed by atoms with E-state index in [0.29, 0.717) is 0 Å². The lowest BCUT2D eigenvalue weighted by atomic mass is 10.1. The van der Waals surface area contributed by atoms with Gasteiger partial charge in [0, 0.05) is 0 Å². The van der Waals surface area contributed by atoms with Crippen LogP contribution in [0.3, 0.4) is 0 Å². The zero-order chi connectivity index (χ0) is 10.3. The molecule has 0 aromatic carbocycles. The minimum absolute atomic E-state index is 0.725. The Labute approximate surface area is 85.4 Å². The molecule has 0 aliphatic carbocycles. The van der Waals surface area contributed by atoms with Gasteiger partial charge < -0.3 is 4.98 Å². The van der Waals surface area contributed by atoms with E-state index in [1.807, 2.05) is 0 Å². The summed E-state index contributed by atoms with van der Waals surface area (Å²) in [5.41, 5.74) is 0. The Morgan fingerprint density at radius 1 is 1.08 bits per heavy atom. The molecule has 1 N–H and O–H groups in total. The van der Waals surface area contributed by atoms with Gasteiger partial charge in [-0.3, -0.25) is 0 Å². The monoisotopic (exact) mass is 201 g/mol. The Balaban J connectivity index is 3.35. The van der Waals surface area contributed by atoms with Crippen molar-refractivity contribution in [1.29, 1.82) is 0 Å². The van der Waals surface area contributed by atoms with Crippen molar-refractivity contribution in [3.05, 3.63) is 0 Å². The Bertz CT molecular complexity index is 118. The summed E-state index contributed by atoms with van der Waals surface area (Å²) in [4.78, 5) is 3.73. The quantitative estimate of drug-likeness (QED) is 0.488. The van der Waals surface area contributed by atoms with E-state index in [9.17, 15) is 0 Å². The summed E-state index contributed by atoms with van der Waals surface area (Å²) >= 11 is 0. The second-order valence-electron chi connectivity index (χ2n) is 5.14. The van der Waals surface area contributed by atoms with E-state index in [1.54, 1.807) is 0 Å². The molecule has 0 saturated heterocycles. The first-order valence-corrected chi connectivity index (χ1v) is 9.23. The van der Waals surface area contributed by atoms with Gasteiger partial charge in [-0.2, -0.15) is 0 Å². The van der Waals surface area contributed by atoms with Gasteiger partial charge in [-0.05, 0) is 12.5 Å². The lowest BCUT2D eigenvalue weighted by molar-refractivity contribution is 0.544. The maximum absolute atomic E-state index is 3.73. The molecule has 0 radical (unpaired) electrons. The first-order chi connectivity index (χ1) is 5.95. The number of unbranched alkanes of at least 4 members (excludes halogenated alkanes) is 3. The fourth-order valence-corrected chi connectivity index (χ4v) is 3.31. The predicted octanol–water partition coefficient (Wildman–Crippen LogP) is 3.77. The molecule has 0 spiro atoms. The van der Waals surface area contributed by atoms with Gasteiger partial charge in [0.05, 0.1) is 0 Å². The van der Waals surface area contributed by atoms with Crippen LogP contribution in [0.15, 0.2) is 0 Å². The Kier molecular flexibility index (Phi) is 6.69. The molecule has 0 aromatic rings. The van der Waals surface area contributed by atoms with Crippen molar-refractivity contribution < 1.29 is 0 Å². The highest BCUT2D eigenvalue weighted by Gasteiger charge is 2.15. The molecule has 0 fully saturated rings. The highest BCUT2D eigenvalue weighted by Crippen LogP contribution is 2.07. The molecule has 0 aliphatic heterocycles. The molecule has 0 heterocycles. The van der Waals surface area contributed by atoms with Crippen LogP contribution in [0, 0.1) is 0 Å². The van der Waals surface area contributed by atoms with Crippen LogP contribution in [0.4, 0.5) is 0 Å². The van der Waals surface area contributed by atoms with Crippen LogP contribution < -0.4 is 4.98 Å². The van der Waals surface area contributed by atoms with Crippen LogP contribution in [0.2, 0.25) is 19.6 Å². The van der Waals surface area contributed by atoms with Gasteiger partial charge >= 0.3 is 0 Å². The fourth-order valence-electron chi connectivity index (χ4n) is 1.69. The summed E-state index contributed by atoms with van der Waals surface area (Å²) in [6, 6.07) is 0.725. The van der Waals surface area contributed by atoms with Crippen LogP contribution >= 0.6 is 0 Å². The van der Waals surface area contributed by atoms with Gasteiger partial charge in [-0.15, -0.1) is 0 Å². The molecule has 1 atom stereocenters. The van der Waals surface area contributed by atoms with E-state index in [2.05, 4.69) is 38.5 Å². The minimum atomic E-state index is -1.04. The van der Waals surface area contributed by atoms with Crippen molar-refractivity contribution in [2.24, 2.45) is 0 Å². The van der Waals surface area contributed by atoms with E-state index in [1.165, 1.54) is 32.1 Å². The maximum atomic E-state index is 3.73. The summed E-state index contributed by atoms with van der Waals surface area (Å²) < 4.78 is 0. The van der Waals surface area contributed by atoms with Gasteiger partial charge in [-0.25, -0.2) is 0 Å². The molecule has 0 amide bonds. The van der Waals surface area contributed by atoms with Gasteiger partial charge in [0.2, 0.25) is 0 Å². The molecule has 2 heteroatoms. The summed E-state index contributed by atoms with van der Waals surface area (Å²) in [7, 11) is -1.04. The molecule has 0 saturated carbocycles. The predicted molar refractivity (Wildman–Crippen MR) is 64.7 cm³/mol. The van der Waals surface area contributed by atoms with Crippen molar-refractivity contribution in [3.63, 3.8) is 0 Å². The molecular formula is C11H27NSi. The van der Waals surface area contributed by atoms with Crippen molar-refractivity contribution in [2.45, 2.75) is 71.6 Å². The zero-order valence-electron chi connectivity index (χ0n) is 10.1. The van der Waals surface area contributed by atoms with Gasteiger partial charge in [0.1, 0.15) is 8.24 Å². The van der Waals surface area contributed by atoms with Gasteiger partial charge in [0.15, 0.2) is 0 Å². The third-order valence-corrected chi connectivity index (χ3v) is 3.53. The summed E-state index contributed by atoms with van der Waals surface area (Å²) in [6.45, 7) is 11.7. The molecule has 0 bridgehead atoms. The molecule has 80 valence electrons. The smallest absolute Gasteiger partial charge is 0.116 e. The van der Waals surface area contributed by atoms with Crippen molar-refractivity contribution in [2.75, 3.05) is 0 Å². The Hall–Kier alpha value is 0.177. The first-order valence-electron chi connectivity index (χ1n) is 5.73. The van der Waals surface area contributed by atoms with E-state index in [-0.39, 0.29) is 0 Å². The normalized spacial score (nSPS) is 14.5. The average molecular weight is 201 g/mol. The van der Waals surface area contributed by atoms with Crippen LogP contribution in [-0.4, -0.2) is 14.3 Å². The van der Waals surface area contributed by atoms with E-state index < -0.39 is 8.24 Å². The number of hydrogen-bond donors (Lipinski definition) is 1. The molecule has 0 aliphatic rings. The third kappa shape index (κ3) is 10.1. The minimum Gasteiger partial charge on any atom is -0.335 e. The number of rotatable bonds is 7. The standard InChI is InChI=1S/C11H27NSi/c1-6-7-8-9-10-11(2)12-13(3,4)5/h11-12H,6-10H2,1-5H3. The van der Waals surface area contributed by atoms with Crippen LogP contribution in [0.1, 0.15) is 46.0 Å². The molecule has 0 rings (SSSR count). The average Bonchev–Trinajstić information content (AvgIpc) is 1.94. The fraction of sp³-hybridized carbons (Fsp3) is 1.00.